The van der Waals surface area contributed by atoms with Crippen molar-refractivity contribution in [2.24, 2.45) is 0 Å². The predicted octanol–water partition coefficient (Wildman–Crippen LogP) is -1.57. The summed E-state index contributed by atoms with van der Waals surface area (Å²) in [5, 5.41) is 29.6. The molecule has 0 radical (unpaired) electrons. The summed E-state index contributed by atoms with van der Waals surface area (Å²) in [6, 6.07) is 0. The first kappa shape index (κ1) is 14.1. The molecule has 0 saturated carbocycles. The maximum atomic E-state index is 11.8. The number of aryl methyl sites for hydroxylation is 1. The van der Waals surface area contributed by atoms with Gasteiger partial charge in [-0.3, -0.25) is 9.36 Å². The van der Waals surface area contributed by atoms with Gasteiger partial charge >= 0.3 is 0 Å². The van der Waals surface area contributed by atoms with E-state index in [-0.39, 0.29) is 11.2 Å². The van der Waals surface area contributed by atoms with Crippen LogP contribution in [-0.4, -0.2) is 59.3 Å². The molecule has 0 amide bonds. The van der Waals surface area contributed by atoms with Crippen molar-refractivity contribution in [2.45, 2.75) is 37.9 Å². The minimum Gasteiger partial charge on any atom is -0.394 e. The van der Waals surface area contributed by atoms with Crippen molar-refractivity contribution in [2.75, 3.05) is 6.61 Å². The number of hydrogen-bond acceptors (Lipinski definition) is 7. The molecular weight excluding hydrogens is 280 g/mol. The number of aliphatic hydroxyl groups excluding tert-OH is 2. The van der Waals surface area contributed by atoms with E-state index in [4.69, 9.17) is 4.74 Å². The molecule has 9 heteroatoms. The Bertz CT molecular complexity index is 737. The molecule has 9 nitrogen and oxygen atoms in total. The Morgan fingerprint density at radius 1 is 1.57 bits per heavy atom. The summed E-state index contributed by atoms with van der Waals surface area (Å²) in [7, 11) is 0. The van der Waals surface area contributed by atoms with Crippen LogP contribution in [0.2, 0.25) is 0 Å². The second-order valence-corrected chi connectivity index (χ2v) is 5.36. The molecule has 1 saturated heterocycles. The minimum atomic E-state index is -1.65. The molecule has 114 valence electrons. The summed E-state index contributed by atoms with van der Waals surface area (Å²) in [6.45, 7) is 2.58. The van der Waals surface area contributed by atoms with Crippen LogP contribution in [0.1, 0.15) is 19.0 Å². The van der Waals surface area contributed by atoms with Crippen molar-refractivity contribution in [3.8, 4) is 0 Å². The molecule has 2 aromatic heterocycles. The molecule has 4 N–H and O–H groups in total. The van der Waals surface area contributed by atoms with Crippen molar-refractivity contribution >= 4 is 11.2 Å². The second-order valence-electron chi connectivity index (χ2n) is 5.36. The smallest absolute Gasteiger partial charge is 0.279 e. The van der Waals surface area contributed by atoms with Crippen molar-refractivity contribution in [3.63, 3.8) is 0 Å². The lowest BCUT2D eigenvalue weighted by molar-refractivity contribution is -0.0950. The van der Waals surface area contributed by atoms with E-state index in [1.165, 1.54) is 17.8 Å². The number of nitrogens with one attached hydrogen (secondary N) is 1. The number of aliphatic hydroxyl groups is 3. The largest absolute Gasteiger partial charge is 0.394 e. The Labute approximate surface area is 118 Å². The highest BCUT2D eigenvalue weighted by atomic mass is 16.6. The summed E-state index contributed by atoms with van der Waals surface area (Å²) < 4.78 is 6.88. The number of aromatic amines is 1. The van der Waals surface area contributed by atoms with Crippen LogP contribution in [0.5, 0.6) is 0 Å². The van der Waals surface area contributed by atoms with Gasteiger partial charge in [-0.2, -0.15) is 0 Å². The standard InChI is InChI=1S/C12H16N4O5/c1-5-14-9-7(10(19)15-5)13-4-16(9)11-12(2,20)8(18)6(3-17)21-11/h4,6,8,11,17-18,20H,3H2,1-2H3,(H,14,15,19)/t6-,8+,11-,12?/m1/s1. The highest BCUT2D eigenvalue weighted by Crippen LogP contribution is 2.38. The van der Waals surface area contributed by atoms with E-state index in [0.29, 0.717) is 5.82 Å². The summed E-state index contributed by atoms with van der Waals surface area (Å²) in [5.41, 5.74) is -1.69. The lowest BCUT2D eigenvalue weighted by Crippen LogP contribution is -2.44. The van der Waals surface area contributed by atoms with Gasteiger partial charge in [-0.1, -0.05) is 0 Å². The number of H-pyrrole nitrogens is 1. The first-order valence-electron chi connectivity index (χ1n) is 6.46. The molecule has 0 spiro atoms. The summed E-state index contributed by atoms with van der Waals surface area (Å²) >= 11 is 0. The average molecular weight is 296 g/mol. The fourth-order valence-corrected chi connectivity index (χ4v) is 2.60. The Balaban J connectivity index is 2.15. The van der Waals surface area contributed by atoms with Gasteiger partial charge in [0.25, 0.3) is 5.56 Å². The van der Waals surface area contributed by atoms with Gasteiger partial charge in [-0.05, 0) is 13.8 Å². The SMILES string of the molecule is Cc1nc2c(ncn2[C@@H]2O[C@H](CO)[C@H](O)C2(C)O)c(=O)[nH]1. The van der Waals surface area contributed by atoms with Crippen LogP contribution in [0.15, 0.2) is 11.1 Å². The highest BCUT2D eigenvalue weighted by molar-refractivity contribution is 5.69. The number of fused-ring (bicyclic) bond motifs is 1. The maximum Gasteiger partial charge on any atom is 0.279 e. The van der Waals surface area contributed by atoms with E-state index in [9.17, 15) is 20.1 Å². The van der Waals surface area contributed by atoms with Crippen LogP contribution >= 0.6 is 0 Å². The summed E-state index contributed by atoms with van der Waals surface area (Å²) in [5.74, 6) is 0.395. The quantitative estimate of drug-likeness (QED) is 0.526. The van der Waals surface area contributed by atoms with Crippen LogP contribution in [0.4, 0.5) is 0 Å². The normalized spacial score (nSPS) is 32.9. The van der Waals surface area contributed by atoms with Crippen molar-refractivity contribution in [1.82, 2.24) is 19.5 Å². The number of hydrogen-bond donors (Lipinski definition) is 4. The molecule has 21 heavy (non-hydrogen) atoms. The minimum absolute atomic E-state index is 0.113. The number of aromatic nitrogens is 4. The fourth-order valence-electron chi connectivity index (χ4n) is 2.60. The molecule has 0 aliphatic carbocycles. The lowest BCUT2D eigenvalue weighted by Gasteiger charge is -2.27. The molecule has 0 aromatic carbocycles. The molecule has 4 atom stereocenters. The van der Waals surface area contributed by atoms with Gasteiger partial charge in [0.05, 0.1) is 12.9 Å². The number of ether oxygens (including phenoxy) is 1. The Hall–Kier alpha value is -1.81. The number of rotatable bonds is 2. The topological polar surface area (TPSA) is 133 Å². The highest BCUT2D eigenvalue weighted by Gasteiger charge is 2.53. The average Bonchev–Trinajstić information content (AvgIpc) is 2.91. The number of imidazole rings is 1. The molecule has 1 aliphatic heterocycles. The van der Waals surface area contributed by atoms with Crippen LogP contribution in [0, 0.1) is 6.92 Å². The zero-order valence-corrected chi connectivity index (χ0v) is 11.5. The Morgan fingerprint density at radius 2 is 2.29 bits per heavy atom. The van der Waals surface area contributed by atoms with Crippen LogP contribution in [-0.2, 0) is 4.74 Å². The van der Waals surface area contributed by atoms with Gasteiger partial charge in [0.1, 0.15) is 23.6 Å². The van der Waals surface area contributed by atoms with Gasteiger partial charge in [0.15, 0.2) is 17.4 Å². The zero-order chi connectivity index (χ0) is 15.4. The third-order valence-electron chi connectivity index (χ3n) is 3.74. The van der Waals surface area contributed by atoms with Gasteiger partial charge in [-0.25, -0.2) is 9.97 Å². The molecule has 2 aromatic rings. The van der Waals surface area contributed by atoms with Gasteiger partial charge in [0.2, 0.25) is 0 Å². The van der Waals surface area contributed by atoms with Gasteiger partial charge in [-0.15, -0.1) is 0 Å². The molecule has 1 unspecified atom stereocenters. The Kier molecular flexibility index (Phi) is 3.10. The summed E-state index contributed by atoms with van der Waals surface area (Å²) in [4.78, 5) is 22.5. The molecular formula is C12H16N4O5. The second kappa shape index (κ2) is 4.60. The molecule has 1 fully saturated rings. The third kappa shape index (κ3) is 1.97. The van der Waals surface area contributed by atoms with Crippen LogP contribution in [0.25, 0.3) is 11.2 Å². The van der Waals surface area contributed by atoms with E-state index in [2.05, 4.69) is 15.0 Å². The zero-order valence-electron chi connectivity index (χ0n) is 11.5. The van der Waals surface area contributed by atoms with Crippen molar-refractivity contribution < 1.29 is 20.1 Å². The Morgan fingerprint density at radius 3 is 2.90 bits per heavy atom. The van der Waals surface area contributed by atoms with Gasteiger partial charge < -0.3 is 25.0 Å². The van der Waals surface area contributed by atoms with Crippen molar-refractivity contribution in [3.05, 3.63) is 22.5 Å². The van der Waals surface area contributed by atoms with E-state index >= 15 is 0 Å². The molecule has 3 rings (SSSR count). The molecule has 1 aliphatic rings. The first-order valence-corrected chi connectivity index (χ1v) is 6.46. The monoisotopic (exact) mass is 296 g/mol. The van der Waals surface area contributed by atoms with E-state index in [1.807, 2.05) is 0 Å². The summed E-state index contributed by atoms with van der Waals surface area (Å²) in [6.07, 6.45) is -1.89. The van der Waals surface area contributed by atoms with Crippen molar-refractivity contribution in [1.29, 1.82) is 0 Å². The number of nitrogens with zero attached hydrogens (tertiary/aromatic N) is 3. The lowest BCUT2D eigenvalue weighted by atomic mass is 9.96. The molecule has 3 heterocycles. The fraction of sp³-hybridized carbons (Fsp3) is 0.583. The maximum absolute atomic E-state index is 11.8. The van der Waals surface area contributed by atoms with Crippen LogP contribution < -0.4 is 5.56 Å². The first-order chi connectivity index (χ1) is 9.86. The third-order valence-corrected chi connectivity index (χ3v) is 3.74. The molecule has 0 bridgehead atoms. The predicted molar refractivity (Wildman–Crippen MR) is 70.5 cm³/mol. The van der Waals surface area contributed by atoms with Gasteiger partial charge in [0, 0.05) is 0 Å². The van der Waals surface area contributed by atoms with Crippen LogP contribution in [0.3, 0.4) is 0 Å². The van der Waals surface area contributed by atoms with E-state index < -0.39 is 36.2 Å². The van der Waals surface area contributed by atoms with E-state index in [0.717, 1.165) is 0 Å². The van der Waals surface area contributed by atoms with E-state index in [1.54, 1.807) is 6.92 Å².